The van der Waals surface area contributed by atoms with Crippen molar-refractivity contribution in [2.24, 2.45) is 0 Å². The van der Waals surface area contributed by atoms with Crippen molar-refractivity contribution in [3.63, 3.8) is 0 Å². The monoisotopic (exact) mass is 804 g/mol. The number of fused-ring (bicyclic) bond motifs is 9. The van der Waals surface area contributed by atoms with Crippen LogP contribution in [-0.2, 0) is 0 Å². The van der Waals surface area contributed by atoms with Crippen molar-refractivity contribution in [1.82, 2.24) is 0 Å². The highest BCUT2D eigenvalue weighted by atomic mass is 16.4. The van der Waals surface area contributed by atoms with Crippen LogP contribution in [0.3, 0.4) is 0 Å². The standard InChI is InChI=1S/C58H48N2O2/c1-33-9-19-51(37(5)23-33)59(52-20-10-34(2)24-38(52)6)45-15-13-41-29-49-47-17-18-48-50-30-42-14-16-46(28-44(42)32-56(50)62-58(48)57(47)61-55(49)31-43(41)27-45)60(53-21-11-35(3)25-39(53)7)54-22-12-36(4)26-40(54)8/h9-32H,1-8H3. The molecule has 0 aliphatic carbocycles. The first-order valence-corrected chi connectivity index (χ1v) is 21.6. The third-order valence-electron chi connectivity index (χ3n) is 12.9. The molecule has 62 heavy (non-hydrogen) atoms. The minimum atomic E-state index is 0.775. The van der Waals surface area contributed by atoms with Crippen LogP contribution in [0.1, 0.15) is 44.5 Å². The lowest BCUT2D eigenvalue weighted by Gasteiger charge is -2.29. The smallest absolute Gasteiger partial charge is 0.178 e. The quantitative estimate of drug-likeness (QED) is 0.168. The number of anilines is 6. The highest BCUT2D eigenvalue weighted by Gasteiger charge is 2.22. The van der Waals surface area contributed by atoms with Crippen molar-refractivity contribution in [3.8, 4) is 0 Å². The van der Waals surface area contributed by atoms with Gasteiger partial charge in [-0.05, 0) is 184 Å². The van der Waals surface area contributed by atoms with Gasteiger partial charge in [0, 0.05) is 55.7 Å². The van der Waals surface area contributed by atoms with Crippen molar-refractivity contribution in [2.75, 3.05) is 9.80 Å². The van der Waals surface area contributed by atoms with E-state index in [1.54, 1.807) is 0 Å². The van der Waals surface area contributed by atoms with Crippen molar-refractivity contribution in [3.05, 3.63) is 190 Å². The number of hydrogen-bond acceptors (Lipinski definition) is 4. The second kappa shape index (κ2) is 14.1. The van der Waals surface area contributed by atoms with Gasteiger partial charge in [0.25, 0.3) is 0 Å². The van der Waals surface area contributed by atoms with E-state index in [-0.39, 0.29) is 0 Å². The SMILES string of the molecule is Cc1ccc(N(c2ccc3cc4c(cc3c2)oc2c4ccc3c4cc5ccc(N(c6ccc(C)cc6C)c6ccc(C)cc6C)cc5cc4oc32)c2ccc(C)cc2C)c(C)c1. The summed E-state index contributed by atoms with van der Waals surface area (Å²) in [5.74, 6) is 0. The Labute approximate surface area is 362 Å². The molecular formula is C58H48N2O2. The minimum absolute atomic E-state index is 0.775. The van der Waals surface area contributed by atoms with Gasteiger partial charge in [-0.25, -0.2) is 0 Å². The summed E-state index contributed by atoms with van der Waals surface area (Å²) in [4.78, 5) is 4.78. The third kappa shape index (κ3) is 6.12. The molecule has 302 valence electrons. The summed E-state index contributed by atoms with van der Waals surface area (Å²) in [6.45, 7) is 17.4. The van der Waals surface area contributed by atoms with Crippen LogP contribution < -0.4 is 9.80 Å². The number of rotatable bonds is 6. The van der Waals surface area contributed by atoms with Crippen LogP contribution in [-0.4, -0.2) is 0 Å². The Morgan fingerprint density at radius 1 is 0.290 bits per heavy atom. The Kier molecular flexibility index (Phi) is 8.59. The molecule has 4 heteroatoms. The molecule has 0 unspecified atom stereocenters. The van der Waals surface area contributed by atoms with Crippen molar-refractivity contribution in [1.29, 1.82) is 0 Å². The molecule has 0 saturated heterocycles. The molecule has 0 aliphatic heterocycles. The average molecular weight is 805 g/mol. The van der Waals surface area contributed by atoms with E-state index >= 15 is 0 Å². The molecule has 2 heterocycles. The first-order chi connectivity index (χ1) is 30.0. The molecule has 9 aromatic carbocycles. The van der Waals surface area contributed by atoms with E-state index in [4.69, 9.17) is 8.83 Å². The molecule has 0 spiro atoms. The van der Waals surface area contributed by atoms with E-state index in [0.29, 0.717) is 0 Å². The molecule has 0 fully saturated rings. The summed E-state index contributed by atoms with van der Waals surface area (Å²) in [6.07, 6.45) is 0. The fraction of sp³-hybridized carbons (Fsp3) is 0.138. The van der Waals surface area contributed by atoms with Gasteiger partial charge in [0.05, 0.1) is 0 Å². The van der Waals surface area contributed by atoms with Crippen LogP contribution >= 0.6 is 0 Å². The molecule has 0 aliphatic rings. The lowest BCUT2D eigenvalue weighted by Crippen LogP contribution is -2.13. The topological polar surface area (TPSA) is 32.8 Å². The second-order valence-electron chi connectivity index (χ2n) is 17.6. The molecule has 4 nitrogen and oxygen atoms in total. The third-order valence-corrected chi connectivity index (χ3v) is 12.9. The van der Waals surface area contributed by atoms with E-state index in [1.165, 1.54) is 67.3 Å². The molecule has 0 amide bonds. The average Bonchev–Trinajstić information content (AvgIpc) is 3.79. The van der Waals surface area contributed by atoms with Gasteiger partial charge in [0.15, 0.2) is 11.2 Å². The second-order valence-corrected chi connectivity index (χ2v) is 17.6. The summed E-state index contributed by atoms with van der Waals surface area (Å²) in [6, 6.07) is 53.7. The normalized spacial score (nSPS) is 11.9. The molecule has 11 rings (SSSR count). The van der Waals surface area contributed by atoms with Crippen LogP contribution in [0.2, 0.25) is 0 Å². The molecule has 2 aromatic heterocycles. The zero-order valence-corrected chi connectivity index (χ0v) is 36.6. The fourth-order valence-corrected chi connectivity index (χ4v) is 9.85. The highest BCUT2D eigenvalue weighted by molar-refractivity contribution is 6.21. The van der Waals surface area contributed by atoms with Crippen molar-refractivity contribution >= 4 is 99.5 Å². The van der Waals surface area contributed by atoms with Gasteiger partial charge >= 0.3 is 0 Å². The van der Waals surface area contributed by atoms with Gasteiger partial charge in [-0.2, -0.15) is 0 Å². The van der Waals surface area contributed by atoms with E-state index in [9.17, 15) is 0 Å². The summed E-state index contributed by atoms with van der Waals surface area (Å²) in [5, 5.41) is 8.81. The molecule has 0 saturated carbocycles. The Balaban J connectivity index is 1.04. The van der Waals surface area contributed by atoms with E-state index < -0.39 is 0 Å². The molecular weight excluding hydrogens is 757 g/mol. The van der Waals surface area contributed by atoms with Gasteiger partial charge in [-0.3, -0.25) is 0 Å². The number of aryl methyl sites for hydroxylation is 8. The van der Waals surface area contributed by atoms with Gasteiger partial charge in [0.1, 0.15) is 11.2 Å². The summed E-state index contributed by atoms with van der Waals surface area (Å²) in [5.41, 5.74) is 20.1. The maximum Gasteiger partial charge on any atom is 0.178 e. The molecule has 11 aromatic rings. The predicted octanol–water partition coefficient (Wildman–Crippen LogP) is 17.2. The molecule has 0 radical (unpaired) electrons. The van der Waals surface area contributed by atoms with Gasteiger partial charge in [0.2, 0.25) is 0 Å². The van der Waals surface area contributed by atoms with E-state index in [2.05, 4.69) is 211 Å². The summed E-state index contributed by atoms with van der Waals surface area (Å²) >= 11 is 0. The first-order valence-electron chi connectivity index (χ1n) is 21.6. The maximum atomic E-state index is 6.81. The Hall–Kier alpha value is -7.30. The van der Waals surface area contributed by atoms with Crippen LogP contribution in [0, 0.1) is 55.4 Å². The van der Waals surface area contributed by atoms with Gasteiger partial charge in [-0.1, -0.05) is 82.9 Å². The van der Waals surface area contributed by atoms with E-state index in [1.807, 2.05) is 0 Å². The lowest BCUT2D eigenvalue weighted by molar-refractivity contribution is 0.634. The largest absolute Gasteiger partial charge is 0.452 e. The highest BCUT2D eigenvalue weighted by Crippen LogP contribution is 2.45. The number of furan rings is 2. The van der Waals surface area contributed by atoms with Crippen molar-refractivity contribution in [2.45, 2.75) is 55.4 Å². The van der Waals surface area contributed by atoms with Crippen LogP contribution in [0.4, 0.5) is 34.1 Å². The summed E-state index contributed by atoms with van der Waals surface area (Å²) in [7, 11) is 0. The number of benzene rings is 9. The Bertz CT molecular complexity index is 3300. The lowest BCUT2D eigenvalue weighted by atomic mass is 10.0. The van der Waals surface area contributed by atoms with Gasteiger partial charge in [-0.15, -0.1) is 0 Å². The molecule has 0 bridgehead atoms. The minimum Gasteiger partial charge on any atom is -0.452 e. The summed E-state index contributed by atoms with van der Waals surface area (Å²) < 4.78 is 13.6. The zero-order chi connectivity index (χ0) is 42.6. The van der Waals surface area contributed by atoms with E-state index in [0.717, 1.165) is 76.8 Å². The zero-order valence-electron chi connectivity index (χ0n) is 36.6. The predicted molar refractivity (Wildman–Crippen MR) is 263 cm³/mol. The fourth-order valence-electron chi connectivity index (χ4n) is 9.85. The number of nitrogens with zero attached hydrogens (tertiary/aromatic N) is 2. The molecule has 0 atom stereocenters. The Morgan fingerprint density at radius 3 is 0.952 bits per heavy atom. The Morgan fingerprint density at radius 2 is 0.629 bits per heavy atom. The molecule has 0 N–H and O–H groups in total. The van der Waals surface area contributed by atoms with Gasteiger partial charge < -0.3 is 18.6 Å². The van der Waals surface area contributed by atoms with Crippen LogP contribution in [0.5, 0.6) is 0 Å². The van der Waals surface area contributed by atoms with Crippen LogP contribution in [0.25, 0.3) is 65.4 Å². The first kappa shape index (κ1) is 37.7. The van der Waals surface area contributed by atoms with Crippen molar-refractivity contribution < 1.29 is 8.83 Å². The maximum absolute atomic E-state index is 6.81. The van der Waals surface area contributed by atoms with Crippen LogP contribution in [0.15, 0.2) is 154 Å². The number of hydrogen-bond donors (Lipinski definition) is 0.